The van der Waals surface area contributed by atoms with Crippen molar-refractivity contribution >= 4 is 34.0 Å². The zero-order valence-electron chi connectivity index (χ0n) is 78.2. The summed E-state index contributed by atoms with van der Waals surface area (Å²) in [6, 6.07) is 11.8. The summed E-state index contributed by atoms with van der Waals surface area (Å²) in [4.78, 5) is 53.9. The normalized spacial score (nSPS) is 7.38. The fraction of sp³-hybridized carbons (Fsp3) is 0.483. The minimum Gasteiger partial charge on any atom is -0.452 e. The predicted molar refractivity (Wildman–Crippen MR) is 494 cm³/mol. The Balaban J connectivity index is -0.0000000751. The molecule has 0 aliphatic rings. The number of oxazole rings is 3. The summed E-state index contributed by atoms with van der Waals surface area (Å²) in [6.07, 6.45) is 40.1. The van der Waals surface area contributed by atoms with Crippen molar-refractivity contribution in [2.75, 3.05) is 0 Å². The molecule has 0 amide bonds. The second-order valence-corrected chi connectivity index (χ2v) is 19.6. The van der Waals surface area contributed by atoms with E-state index >= 15 is 0 Å². The average molecular weight is 1620 g/mol. The maximum Gasteiger partial charge on any atom is 0.190 e. The van der Waals surface area contributed by atoms with Crippen LogP contribution < -0.4 is 0 Å². The van der Waals surface area contributed by atoms with Gasteiger partial charge in [-0.05, 0) is 112 Å². The molecule has 0 fully saturated rings. The number of imidazole rings is 4. The van der Waals surface area contributed by atoms with Crippen LogP contribution in [0.25, 0.3) is 0 Å². The van der Waals surface area contributed by atoms with Crippen LogP contribution in [0.2, 0.25) is 0 Å². The summed E-state index contributed by atoms with van der Waals surface area (Å²) < 4.78 is 22.4. The molecule has 112 heavy (non-hydrogen) atoms. The van der Waals surface area contributed by atoms with Gasteiger partial charge in [0.05, 0.1) is 58.8 Å². The molecule has 22 nitrogen and oxygen atoms in total. The third-order valence-electron chi connectivity index (χ3n) is 8.70. The molecule has 25 heteroatoms. The van der Waals surface area contributed by atoms with Crippen molar-refractivity contribution in [3.63, 3.8) is 0 Å². The van der Waals surface area contributed by atoms with E-state index in [0.717, 1.165) is 51.0 Å². The van der Waals surface area contributed by atoms with Crippen molar-refractivity contribution in [3.8, 4) is 0 Å². The molecule has 14 aromatic rings. The molecule has 0 radical (unpaired) electrons. The summed E-state index contributed by atoms with van der Waals surface area (Å²) in [7, 11) is 3.94. The molecule has 14 aromatic heterocycles. The van der Waals surface area contributed by atoms with Gasteiger partial charge in [0.15, 0.2) is 18.7 Å². The first-order valence-corrected chi connectivity index (χ1v) is 42.2. The molecule has 0 aromatic carbocycles. The SMILES string of the molecule is CC.CC.CC.CC.CC.CC.CC.CC.CC.CC.CC.CC.CC.CC.Cc1cc[nH]c1.Cc1ccc[nH]1.Cc1ccon1.Cc1cnc[nH]1.Cc1cnc[nH]1.Cc1cnco1.Cc1cncs1.Cc1cocn1.Cc1cscn1.Cc1ncc[nH]1.Cc1ncco1.Cc1nccs1.Cn1cccc1.Cn1ccnc1. The highest BCUT2D eigenvalue weighted by atomic mass is 32.1. The molecule has 0 aliphatic heterocycles. The average Bonchev–Trinajstić information content (AvgIpc) is 4.71. The first-order chi connectivity index (χ1) is 54.5. The van der Waals surface area contributed by atoms with Crippen LogP contribution in [0.4, 0.5) is 0 Å². The summed E-state index contributed by atoms with van der Waals surface area (Å²) in [5, 5.41) is 8.66. The Hall–Kier alpha value is -9.59. The molecule has 0 unspecified atom stereocenters. The first kappa shape index (κ1) is 135. The second-order valence-electron chi connectivity index (χ2n) is 16.7. The molecular weight excluding hydrogens is 1460 g/mol. The van der Waals surface area contributed by atoms with Gasteiger partial charge in [-0.1, -0.05) is 199 Å². The van der Waals surface area contributed by atoms with Crippen LogP contribution in [0.1, 0.15) is 261 Å². The predicted octanol–water partition coefficient (Wildman–Crippen LogP) is 28.9. The number of rotatable bonds is 0. The number of thiazole rings is 3. The molecule has 5 N–H and O–H groups in total. The van der Waals surface area contributed by atoms with Crippen LogP contribution in [0.3, 0.4) is 0 Å². The van der Waals surface area contributed by atoms with Gasteiger partial charge in [-0.2, -0.15) is 0 Å². The van der Waals surface area contributed by atoms with E-state index in [4.69, 9.17) is 8.83 Å². The maximum absolute atomic E-state index is 4.72. The van der Waals surface area contributed by atoms with Gasteiger partial charge in [0.25, 0.3) is 0 Å². The Bertz CT molecular complexity index is 2420. The number of H-pyrrole nitrogens is 5. The molecule has 0 spiro atoms. The monoisotopic (exact) mass is 1620 g/mol. The Morgan fingerprint density at radius 3 is 1.08 bits per heavy atom. The van der Waals surface area contributed by atoms with E-state index in [2.05, 4.69) is 95.8 Å². The van der Waals surface area contributed by atoms with Gasteiger partial charge in [0.2, 0.25) is 0 Å². The summed E-state index contributed by atoms with van der Waals surface area (Å²) in [5.74, 6) is 2.54. The fourth-order valence-corrected chi connectivity index (χ4v) is 5.93. The van der Waals surface area contributed by atoms with Crippen molar-refractivity contribution in [2.24, 2.45) is 14.1 Å². The van der Waals surface area contributed by atoms with Gasteiger partial charge in [-0.3, -0.25) is 15.0 Å². The van der Waals surface area contributed by atoms with Gasteiger partial charge in [-0.25, -0.2) is 34.9 Å². The van der Waals surface area contributed by atoms with E-state index in [1.54, 1.807) is 134 Å². The topological polar surface area (TPSA) is 283 Å². The van der Waals surface area contributed by atoms with Crippen LogP contribution >= 0.6 is 34.0 Å². The molecular formula is C87H164N18O4S3. The van der Waals surface area contributed by atoms with Crippen LogP contribution in [0.5, 0.6) is 0 Å². The Morgan fingerprint density at radius 1 is 0.402 bits per heavy atom. The van der Waals surface area contributed by atoms with E-state index in [1.807, 2.05) is 382 Å². The largest absolute Gasteiger partial charge is 0.452 e. The van der Waals surface area contributed by atoms with Crippen molar-refractivity contribution in [2.45, 2.75) is 277 Å². The van der Waals surface area contributed by atoms with Gasteiger partial charge in [0.1, 0.15) is 30.4 Å². The molecule has 0 bridgehead atoms. The third kappa shape index (κ3) is 127. The van der Waals surface area contributed by atoms with Crippen LogP contribution in [-0.4, -0.2) is 89.1 Å². The van der Waals surface area contributed by atoms with Gasteiger partial charge < -0.3 is 51.8 Å². The van der Waals surface area contributed by atoms with E-state index in [-0.39, 0.29) is 0 Å². The standard InChI is InChI=1S/3C5H7N.4C4H6N2.4C4H5NO.3C4H5NS.14C2H6/c1-5-2-3-6-4-5;1-6-4-2-3-5-6;1-5-3-2-4-6-5;2*1-4-2-5-3-6-4;1-6-3-2-5-4-6;1-4-5-2-3-6-4;1-4-2-6-3-5-4;1-4-2-5-3-6-4;1-4-5-2-3-6-4;1-4-2-3-6-5-4;1-4-2-6-3-5-4;1-4-2-5-3-6-4;1-4-5-2-3-6-4;14*1-2/h2-4,6H,1H3;2-5H,1H3;2-4,6H,1H3;2*2-3H,1H3,(H,5,6);2-4H,1H3;2-3H,1H3,(H,5,6);7*2-3H,1H3;14*1-2H3. The van der Waals surface area contributed by atoms with Gasteiger partial charge in [0, 0.05) is 146 Å². The van der Waals surface area contributed by atoms with Crippen LogP contribution in [0, 0.1) is 83.1 Å². The third-order valence-corrected chi connectivity index (χ3v) is 10.8. The van der Waals surface area contributed by atoms with Crippen molar-refractivity contribution in [1.29, 1.82) is 0 Å². The van der Waals surface area contributed by atoms with E-state index in [9.17, 15) is 0 Å². The molecule has 0 saturated carbocycles. The first-order valence-electron chi connectivity index (χ1n) is 39.5. The zero-order valence-corrected chi connectivity index (χ0v) is 80.7. The summed E-state index contributed by atoms with van der Waals surface area (Å²) >= 11 is 4.96. The number of nitrogens with zero attached hydrogens (tertiary/aromatic N) is 13. The highest BCUT2D eigenvalue weighted by Crippen LogP contribution is 2.00. The quantitative estimate of drug-likeness (QED) is 0.0943. The maximum atomic E-state index is 4.72. The Morgan fingerprint density at radius 2 is 0.964 bits per heavy atom. The number of hydrogen-bond acceptors (Lipinski definition) is 18. The highest BCUT2D eigenvalue weighted by molar-refractivity contribution is 7.09. The lowest BCUT2D eigenvalue weighted by Crippen LogP contribution is -1.76. The van der Waals surface area contributed by atoms with Gasteiger partial charge in [-0.15, -0.1) is 34.0 Å². The minimum absolute atomic E-state index is 0.718. The molecule has 0 saturated heterocycles. The van der Waals surface area contributed by atoms with E-state index in [1.165, 1.54) is 28.9 Å². The summed E-state index contributed by atoms with van der Waals surface area (Å²) in [5.41, 5.74) is 11.3. The lowest BCUT2D eigenvalue weighted by atomic mass is 10.4. The molecule has 14 rings (SSSR count). The number of aryl methyl sites for hydroxylation is 14. The molecule has 0 aliphatic carbocycles. The van der Waals surface area contributed by atoms with Crippen molar-refractivity contribution in [3.05, 3.63) is 269 Å². The summed E-state index contributed by atoms with van der Waals surface area (Å²) in [6.45, 7) is 79.4. The highest BCUT2D eigenvalue weighted by Gasteiger charge is 1.83. The Kier molecular flexibility index (Phi) is 157. The zero-order chi connectivity index (χ0) is 89.7. The van der Waals surface area contributed by atoms with Crippen LogP contribution in [0.15, 0.2) is 219 Å². The second kappa shape index (κ2) is 131. The van der Waals surface area contributed by atoms with Crippen molar-refractivity contribution < 1.29 is 17.8 Å². The number of hydrogen-bond donors (Lipinski definition) is 5. The number of nitrogens with one attached hydrogen (secondary N) is 5. The smallest absolute Gasteiger partial charge is 0.190 e. The van der Waals surface area contributed by atoms with Gasteiger partial charge >= 0.3 is 0 Å². The van der Waals surface area contributed by atoms with Crippen LogP contribution in [-0.2, 0) is 14.1 Å². The fourth-order valence-electron chi connectivity index (χ4n) is 4.54. The minimum atomic E-state index is 0.718. The lowest BCUT2D eigenvalue weighted by Gasteiger charge is -1.79. The number of aromatic nitrogens is 18. The van der Waals surface area contributed by atoms with E-state index in [0.29, 0.717) is 0 Å². The Labute approximate surface area is 696 Å². The number of aromatic amines is 5. The molecule has 0 atom stereocenters. The molecule has 14 heterocycles. The lowest BCUT2D eigenvalue weighted by molar-refractivity contribution is 0.415. The van der Waals surface area contributed by atoms with Crippen molar-refractivity contribution in [1.82, 2.24) is 89.1 Å². The van der Waals surface area contributed by atoms with E-state index < -0.39 is 0 Å². The molecule has 644 valence electrons.